The maximum atomic E-state index is 11.6. The van der Waals surface area contributed by atoms with Crippen LogP contribution in [0.4, 0.5) is 0 Å². The summed E-state index contributed by atoms with van der Waals surface area (Å²) in [7, 11) is 0. The lowest BCUT2D eigenvalue weighted by atomic mass is 9.99. The first-order chi connectivity index (χ1) is 7.50. The summed E-state index contributed by atoms with van der Waals surface area (Å²) in [6.45, 7) is 4.18. The molecule has 16 heavy (non-hydrogen) atoms. The van der Waals surface area contributed by atoms with Crippen molar-refractivity contribution in [3.05, 3.63) is 34.9 Å². The number of Topliss-reactive ketones (excluding diaryl/α,β-unsaturated/α-hetero) is 2. The quantitative estimate of drug-likeness (QED) is 0.767. The minimum Gasteiger partial charge on any atom is -0.377 e. The molecule has 0 saturated heterocycles. The van der Waals surface area contributed by atoms with Gasteiger partial charge in [-0.05, 0) is 24.0 Å². The molecule has 3 heteroatoms. The molecule has 0 amide bonds. The van der Waals surface area contributed by atoms with Gasteiger partial charge in [-0.3, -0.25) is 9.59 Å². The van der Waals surface area contributed by atoms with Crippen molar-refractivity contribution in [3.8, 4) is 0 Å². The van der Waals surface area contributed by atoms with Gasteiger partial charge in [0.2, 0.25) is 0 Å². The maximum Gasteiger partial charge on any atom is 0.200 e. The van der Waals surface area contributed by atoms with Gasteiger partial charge in [0.05, 0.1) is 0 Å². The fraction of sp³-hybridized carbons (Fsp3) is 0.385. The van der Waals surface area contributed by atoms with E-state index in [0.717, 1.165) is 12.0 Å². The number of rotatable bonds is 2. The summed E-state index contributed by atoms with van der Waals surface area (Å²) in [5.74, 6) is -0.447. The zero-order chi connectivity index (χ0) is 11.9. The van der Waals surface area contributed by atoms with Crippen molar-refractivity contribution >= 4 is 11.6 Å². The average molecular weight is 218 g/mol. The van der Waals surface area contributed by atoms with E-state index in [1.807, 2.05) is 6.07 Å². The minimum atomic E-state index is -1.48. The lowest BCUT2D eigenvalue weighted by Crippen LogP contribution is -2.20. The molecule has 0 heterocycles. The topological polar surface area (TPSA) is 54.4 Å². The van der Waals surface area contributed by atoms with E-state index >= 15 is 0 Å². The van der Waals surface area contributed by atoms with Crippen LogP contribution in [0.1, 0.15) is 40.1 Å². The van der Waals surface area contributed by atoms with Crippen molar-refractivity contribution in [3.63, 3.8) is 0 Å². The van der Waals surface area contributed by atoms with Crippen molar-refractivity contribution in [1.82, 2.24) is 0 Å². The summed E-state index contributed by atoms with van der Waals surface area (Å²) in [6, 6.07) is 5.22. The van der Waals surface area contributed by atoms with E-state index in [9.17, 15) is 14.7 Å². The van der Waals surface area contributed by atoms with Crippen molar-refractivity contribution in [1.29, 1.82) is 0 Å². The predicted octanol–water partition coefficient (Wildman–Crippen LogP) is 1.62. The van der Waals surface area contributed by atoms with Crippen molar-refractivity contribution < 1.29 is 14.7 Å². The third-order valence-corrected chi connectivity index (χ3v) is 2.76. The van der Waals surface area contributed by atoms with Crippen LogP contribution in [0.5, 0.6) is 0 Å². The molecule has 1 N–H and O–H groups in total. The molecule has 0 radical (unpaired) electrons. The molecule has 0 fully saturated rings. The predicted molar refractivity (Wildman–Crippen MR) is 59.7 cm³/mol. The summed E-state index contributed by atoms with van der Waals surface area (Å²) < 4.78 is 0. The Hall–Kier alpha value is -1.48. The summed E-state index contributed by atoms with van der Waals surface area (Å²) in [6.07, 6.45) is -0.616. The van der Waals surface area contributed by atoms with Gasteiger partial charge in [-0.15, -0.1) is 0 Å². The number of hydrogen-bond donors (Lipinski definition) is 1. The molecule has 1 aliphatic carbocycles. The highest BCUT2D eigenvalue weighted by Crippen LogP contribution is 2.24. The molecular formula is C13H14O3. The van der Waals surface area contributed by atoms with Crippen molar-refractivity contribution in [2.45, 2.75) is 26.4 Å². The van der Waals surface area contributed by atoms with Gasteiger partial charge in [0.15, 0.2) is 17.7 Å². The molecule has 0 bridgehead atoms. The van der Waals surface area contributed by atoms with Crippen LogP contribution < -0.4 is 0 Å². The monoisotopic (exact) mass is 218 g/mol. The fourth-order valence-corrected chi connectivity index (χ4v) is 2.02. The highest BCUT2D eigenvalue weighted by molar-refractivity contribution is 6.28. The first-order valence-corrected chi connectivity index (χ1v) is 5.40. The standard InChI is InChI=1S/C13H14O3/c1-7(2)5-8-3-4-9-10(6-8)12(15)13(16)11(9)14/h3-4,6-7,13,16H,5H2,1-2H3. The SMILES string of the molecule is CC(C)Cc1ccc2c(c1)C(=O)C(O)C2=O. The number of aliphatic hydroxyl groups is 1. The molecule has 3 nitrogen and oxygen atoms in total. The van der Waals surface area contributed by atoms with Crippen LogP contribution in [0.2, 0.25) is 0 Å². The van der Waals surface area contributed by atoms with E-state index in [1.54, 1.807) is 12.1 Å². The zero-order valence-corrected chi connectivity index (χ0v) is 9.36. The lowest BCUT2D eigenvalue weighted by molar-refractivity contribution is 0.0663. The molecule has 0 aliphatic heterocycles. The summed E-state index contributed by atoms with van der Waals surface area (Å²) in [4.78, 5) is 23.0. The summed E-state index contributed by atoms with van der Waals surface area (Å²) in [5.41, 5.74) is 1.75. The van der Waals surface area contributed by atoms with E-state index in [0.29, 0.717) is 17.0 Å². The maximum absolute atomic E-state index is 11.6. The Labute approximate surface area is 94.1 Å². The van der Waals surface area contributed by atoms with Gasteiger partial charge >= 0.3 is 0 Å². The molecular weight excluding hydrogens is 204 g/mol. The van der Waals surface area contributed by atoms with Crippen LogP contribution in [0.15, 0.2) is 18.2 Å². The number of carbonyl (C=O) groups excluding carboxylic acids is 2. The smallest absolute Gasteiger partial charge is 0.200 e. The molecule has 1 aromatic carbocycles. The van der Waals surface area contributed by atoms with Crippen LogP contribution in [0.25, 0.3) is 0 Å². The molecule has 0 spiro atoms. The summed E-state index contributed by atoms with van der Waals surface area (Å²) >= 11 is 0. The molecule has 0 saturated carbocycles. The van der Waals surface area contributed by atoms with E-state index in [2.05, 4.69) is 13.8 Å². The Morgan fingerprint density at radius 1 is 1.19 bits per heavy atom. The normalized spacial score (nSPS) is 19.4. The van der Waals surface area contributed by atoms with Crippen LogP contribution in [0, 0.1) is 5.92 Å². The second-order valence-corrected chi connectivity index (χ2v) is 4.61. The minimum absolute atomic E-state index is 0.352. The average Bonchev–Trinajstić information content (AvgIpc) is 2.43. The van der Waals surface area contributed by atoms with E-state index in [-0.39, 0.29) is 0 Å². The first kappa shape index (κ1) is 11.0. The van der Waals surface area contributed by atoms with Gasteiger partial charge < -0.3 is 5.11 Å². The molecule has 1 unspecified atom stereocenters. The second kappa shape index (κ2) is 3.83. The van der Waals surface area contributed by atoms with Crippen molar-refractivity contribution in [2.24, 2.45) is 5.92 Å². The van der Waals surface area contributed by atoms with E-state index < -0.39 is 17.7 Å². The number of carbonyl (C=O) groups is 2. The third-order valence-electron chi connectivity index (χ3n) is 2.76. The Balaban J connectivity index is 2.41. The largest absolute Gasteiger partial charge is 0.377 e. The van der Waals surface area contributed by atoms with E-state index in [4.69, 9.17) is 0 Å². The number of benzene rings is 1. The van der Waals surface area contributed by atoms with Crippen LogP contribution >= 0.6 is 0 Å². The third kappa shape index (κ3) is 1.67. The van der Waals surface area contributed by atoms with Gasteiger partial charge in [-0.2, -0.15) is 0 Å². The number of fused-ring (bicyclic) bond motifs is 1. The van der Waals surface area contributed by atoms with Gasteiger partial charge in [0, 0.05) is 11.1 Å². The molecule has 1 aromatic rings. The van der Waals surface area contributed by atoms with Crippen molar-refractivity contribution in [2.75, 3.05) is 0 Å². The van der Waals surface area contributed by atoms with Gasteiger partial charge in [0.25, 0.3) is 0 Å². The molecule has 1 atom stereocenters. The number of aliphatic hydroxyl groups excluding tert-OH is 1. The Morgan fingerprint density at radius 2 is 1.81 bits per heavy atom. The Morgan fingerprint density at radius 3 is 2.44 bits per heavy atom. The molecule has 0 aromatic heterocycles. The lowest BCUT2D eigenvalue weighted by Gasteiger charge is -2.05. The van der Waals surface area contributed by atoms with Crippen LogP contribution in [-0.4, -0.2) is 22.8 Å². The van der Waals surface area contributed by atoms with Gasteiger partial charge in [0.1, 0.15) is 0 Å². The second-order valence-electron chi connectivity index (χ2n) is 4.61. The highest BCUT2D eigenvalue weighted by atomic mass is 16.3. The fourth-order valence-electron chi connectivity index (χ4n) is 2.02. The van der Waals surface area contributed by atoms with Crippen LogP contribution in [0.3, 0.4) is 0 Å². The molecule has 2 rings (SSSR count). The zero-order valence-electron chi connectivity index (χ0n) is 9.36. The molecule has 1 aliphatic rings. The first-order valence-electron chi connectivity index (χ1n) is 5.40. The summed E-state index contributed by atoms with van der Waals surface area (Å²) in [5, 5.41) is 9.36. The number of ketones is 2. The molecule has 84 valence electrons. The van der Waals surface area contributed by atoms with Gasteiger partial charge in [-0.1, -0.05) is 26.0 Å². The van der Waals surface area contributed by atoms with E-state index in [1.165, 1.54) is 0 Å². The highest BCUT2D eigenvalue weighted by Gasteiger charge is 2.36. The Bertz CT molecular complexity index is 460. The number of hydrogen-bond acceptors (Lipinski definition) is 3. The Kier molecular flexibility index (Phi) is 2.64. The van der Waals surface area contributed by atoms with Gasteiger partial charge in [-0.25, -0.2) is 0 Å². The van der Waals surface area contributed by atoms with Crippen LogP contribution in [-0.2, 0) is 6.42 Å².